The molecule has 0 spiro atoms. The number of likely N-dealkylation sites (N-methyl/N-ethyl adjacent to an activating group) is 1. The van der Waals surface area contributed by atoms with E-state index in [0.717, 1.165) is 32.4 Å². The van der Waals surface area contributed by atoms with Gasteiger partial charge in [-0.2, -0.15) is 0 Å². The number of rotatable bonds is 6. The number of amides is 1. The first-order valence-corrected chi connectivity index (χ1v) is 7.21. The fourth-order valence-electron chi connectivity index (χ4n) is 2.88. The van der Waals surface area contributed by atoms with Crippen LogP contribution in [0.3, 0.4) is 0 Å². The van der Waals surface area contributed by atoms with Crippen molar-refractivity contribution in [1.29, 1.82) is 0 Å². The predicted molar refractivity (Wildman–Crippen MR) is 73.4 cm³/mol. The minimum Gasteiger partial charge on any atom is -0.389 e. The van der Waals surface area contributed by atoms with E-state index in [1.165, 1.54) is 6.42 Å². The number of carbonyl (C=O) groups is 1. The van der Waals surface area contributed by atoms with Crippen molar-refractivity contribution >= 4 is 5.91 Å². The van der Waals surface area contributed by atoms with Gasteiger partial charge in [0.25, 0.3) is 0 Å². The lowest BCUT2D eigenvalue weighted by Gasteiger charge is -2.35. The second kappa shape index (κ2) is 7.10. The Kier molecular flexibility index (Phi) is 6.09. The third kappa shape index (κ3) is 4.58. The lowest BCUT2D eigenvalue weighted by Crippen LogP contribution is -2.47. The summed E-state index contributed by atoms with van der Waals surface area (Å²) in [5, 5.41) is 13.5. The maximum absolute atomic E-state index is 11.8. The van der Waals surface area contributed by atoms with E-state index < -0.39 is 5.60 Å². The number of hydrogen-bond acceptors (Lipinski definition) is 3. The molecule has 1 rings (SSSR count). The maximum atomic E-state index is 11.8. The van der Waals surface area contributed by atoms with Gasteiger partial charge in [-0.3, -0.25) is 4.79 Å². The first-order chi connectivity index (χ1) is 8.50. The maximum Gasteiger partial charge on any atom is 0.236 e. The highest BCUT2D eigenvalue weighted by Gasteiger charge is 2.32. The van der Waals surface area contributed by atoms with Gasteiger partial charge in [-0.05, 0) is 32.6 Å². The summed E-state index contributed by atoms with van der Waals surface area (Å²) >= 11 is 0. The Bertz CT molecular complexity index is 267. The quantitative estimate of drug-likeness (QED) is 0.755. The Hall–Kier alpha value is -0.610. The van der Waals surface area contributed by atoms with Crippen LogP contribution in [0.1, 0.15) is 46.5 Å². The number of carbonyl (C=O) groups excluding carboxylic acids is 1. The third-order valence-electron chi connectivity index (χ3n) is 3.91. The summed E-state index contributed by atoms with van der Waals surface area (Å²) in [5.41, 5.74) is -0.610. The van der Waals surface area contributed by atoms with E-state index in [9.17, 15) is 9.90 Å². The first kappa shape index (κ1) is 15.4. The molecule has 0 heterocycles. The topological polar surface area (TPSA) is 52.6 Å². The Morgan fingerprint density at radius 2 is 2.11 bits per heavy atom. The molecule has 4 nitrogen and oxygen atoms in total. The molecule has 0 bridgehead atoms. The molecule has 2 N–H and O–H groups in total. The largest absolute Gasteiger partial charge is 0.389 e. The van der Waals surface area contributed by atoms with Gasteiger partial charge >= 0.3 is 0 Å². The molecule has 0 aromatic heterocycles. The third-order valence-corrected chi connectivity index (χ3v) is 3.91. The molecule has 1 aliphatic rings. The molecule has 1 saturated carbocycles. The minimum absolute atomic E-state index is 0.118. The number of aliphatic hydroxyl groups is 1. The molecule has 1 fully saturated rings. The van der Waals surface area contributed by atoms with E-state index in [4.69, 9.17) is 0 Å². The van der Waals surface area contributed by atoms with E-state index in [1.807, 2.05) is 13.8 Å². The van der Waals surface area contributed by atoms with Gasteiger partial charge < -0.3 is 15.3 Å². The van der Waals surface area contributed by atoms with Crippen LogP contribution < -0.4 is 5.32 Å². The standard InChI is InChI=1S/C14H28N2O2/c1-4-16(5-2)13(17)10-15-11-14(18)8-6-7-12(3)9-14/h12,15,18H,4-11H2,1-3H3. The van der Waals surface area contributed by atoms with Gasteiger partial charge in [-0.25, -0.2) is 0 Å². The molecule has 4 heteroatoms. The molecule has 0 aromatic rings. The zero-order chi connectivity index (χ0) is 13.6. The molecule has 0 radical (unpaired) electrons. The van der Waals surface area contributed by atoms with Crippen molar-refractivity contribution < 1.29 is 9.90 Å². The number of nitrogens with one attached hydrogen (secondary N) is 1. The van der Waals surface area contributed by atoms with Crippen LogP contribution in [0.2, 0.25) is 0 Å². The van der Waals surface area contributed by atoms with E-state index in [-0.39, 0.29) is 5.91 Å². The molecule has 106 valence electrons. The highest BCUT2D eigenvalue weighted by Crippen LogP contribution is 2.31. The molecule has 0 saturated heterocycles. The monoisotopic (exact) mass is 256 g/mol. The first-order valence-electron chi connectivity index (χ1n) is 7.21. The molecule has 18 heavy (non-hydrogen) atoms. The molecule has 1 amide bonds. The fourth-order valence-corrected chi connectivity index (χ4v) is 2.88. The molecule has 2 atom stereocenters. The van der Waals surface area contributed by atoms with E-state index >= 15 is 0 Å². The van der Waals surface area contributed by atoms with Crippen LogP contribution in [0, 0.1) is 5.92 Å². The molecule has 1 aliphatic carbocycles. The highest BCUT2D eigenvalue weighted by atomic mass is 16.3. The summed E-state index contributed by atoms with van der Waals surface area (Å²) in [6.07, 6.45) is 3.99. The Morgan fingerprint density at radius 3 is 2.67 bits per heavy atom. The number of hydrogen-bond donors (Lipinski definition) is 2. The van der Waals surface area contributed by atoms with E-state index in [2.05, 4.69) is 12.2 Å². The molecule has 0 aromatic carbocycles. The SMILES string of the molecule is CCN(CC)C(=O)CNCC1(O)CCCC(C)C1. The van der Waals surface area contributed by atoms with E-state index in [1.54, 1.807) is 4.90 Å². The predicted octanol–water partition coefficient (Wildman–Crippen LogP) is 1.39. The Labute approximate surface area is 111 Å². The summed E-state index contributed by atoms with van der Waals surface area (Å²) in [7, 11) is 0. The second-order valence-electron chi connectivity index (χ2n) is 5.60. The van der Waals surface area contributed by atoms with Crippen molar-refractivity contribution in [2.24, 2.45) is 5.92 Å². The van der Waals surface area contributed by atoms with Crippen LogP contribution in [0.5, 0.6) is 0 Å². The lowest BCUT2D eigenvalue weighted by molar-refractivity contribution is -0.130. The van der Waals surface area contributed by atoms with Crippen LogP contribution in [0.4, 0.5) is 0 Å². The number of nitrogens with zero attached hydrogens (tertiary/aromatic N) is 1. The zero-order valence-corrected chi connectivity index (χ0v) is 12.0. The summed E-state index contributed by atoms with van der Waals surface area (Å²) in [6, 6.07) is 0. The summed E-state index contributed by atoms with van der Waals surface area (Å²) < 4.78 is 0. The smallest absolute Gasteiger partial charge is 0.236 e. The highest BCUT2D eigenvalue weighted by molar-refractivity contribution is 5.78. The lowest BCUT2D eigenvalue weighted by atomic mass is 9.79. The molecular weight excluding hydrogens is 228 g/mol. The van der Waals surface area contributed by atoms with E-state index in [0.29, 0.717) is 19.0 Å². The Balaban J connectivity index is 2.30. The van der Waals surface area contributed by atoms with Crippen molar-refractivity contribution in [3.8, 4) is 0 Å². The second-order valence-corrected chi connectivity index (χ2v) is 5.60. The average molecular weight is 256 g/mol. The summed E-state index contributed by atoms with van der Waals surface area (Å²) in [6.45, 7) is 8.51. The van der Waals surface area contributed by atoms with Crippen molar-refractivity contribution in [3.63, 3.8) is 0 Å². The molecule has 0 aliphatic heterocycles. The van der Waals surface area contributed by atoms with Gasteiger partial charge in [-0.15, -0.1) is 0 Å². The summed E-state index contributed by atoms with van der Waals surface area (Å²) in [5.74, 6) is 0.705. The Morgan fingerprint density at radius 1 is 1.44 bits per heavy atom. The van der Waals surface area contributed by atoms with Crippen molar-refractivity contribution in [2.75, 3.05) is 26.2 Å². The van der Waals surface area contributed by atoms with Crippen molar-refractivity contribution in [1.82, 2.24) is 10.2 Å². The van der Waals surface area contributed by atoms with Crippen molar-refractivity contribution in [2.45, 2.75) is 52.1 Å². The van der Waals surface area contributed by atoms with Crippen LogP contribution in [0.15, 0.2) is 0 Å². The van der Waals surface area contributed by atoms with Crippen LogP contribution in [0.25, 0.3) is 0 Å². The van der Waals surface area contributed by atoms with Gasteiger partial charge in [0.15, 0.2) is 0 Å². The molecule has 2 unspecified atom stereocenters. The van der Waals surface area contributed by atoms with Gasteiger partial charge in [0.05, 0.1) is 12.1 Å². The zero-order valence-electron chi connectivity index (χ0n) is 12.0. The van der Waals surface area contributed by atoms with Crippen LogP contribution in [-0.2, 0) is 4.79 Å². The summed E-state index contributed by atoms with van der Waals surface area (Å²) in [4.78, 5) is 13.6. The van der Waals surface area contributed by atoms with Gasteiger partial charge in [0.1, 0.15) is 0 Å². The molecular formula is C14H28N2O2. The van der Waals surface area contributed by atoms with Gasteiger partial charge in [0, 0.05) is 19.6 Å². The fraction of sp³-hybridized carbons (Fsp3) is 0.929. The van der Waals surface area contributed by atoms with Crippen LogP contribution in [-0.4, -0.2) is 47.7 Å². The minimum atomic E-state index is -0.610. The van der Waals surface area contributed by atoms with Crippen LogP contribution >= 0.6 is 0 Å². The van der Waals surface area contributed by atoms with Crippen molar-refractivity contribution in [3.05, 3.63) is 0 Å². The average Bonchev–Trinajstić information content (AvgIpc) is 2.30. The van der Waals surface area contributed by atoms with Gasteiger partial charge in [-0.1, -0.05) is 19.8 Å². The normalized spacial score (nSPS) is 28.1. The van der Waals surface area contributed by atoms with Gasteiger partial charge in [0.2, 0.25) is 5.91 Å².